The molecule has 0 amide bonds. The van der Waals surface area contributed by atoms with Crippen LogP contribution in [0.2, 0.25) is 0 Å². The summed E-state index contributed by atoms with van der Waals surface area (Å²) >= 11 is 0. The summed E-state index contributed by atoms with van der Waals surface area (Å²) in [4.78, 5) is 0. The van der Waals surface area contributed by atoms with Crippen LogP contribution in [0.3, 0.4) is 0 Å². The van der Waals surface area contributed by atoms with Crippen LogP contribution in [0.25, 0.3) is 0 Å². The fourth-order valence-corrected chi connectivity index (χ4v) is 6.63. The zero-order valence-electron chi connectivity index (χ0n) is 18.8. The molecular formula is C27H40O3. The quantitative estimate of drug-likeness (QED) is 0.551. The Kier molecular flexibility index (Phi) is 6.44. The number of aliphatic hydroxyl groups is 3. The van der Waals surface area contributed by atoms with Crippen molar-refractivity contribution in [2.24, 2.45) is 29.1 Å². The third kappa shape index (κ3) is 4.40. The lowest BCUT2D eigenvalue weighted by Gasteiger charge is -2.44. The minimum absolute atomic E-state index is 0.250. The average molecular weight is 413 g/mol. The summed E-state index contributed by atoms with van der Waals surface area (Å²) in [6.07, 6.45) is 16.9. The smallest absolute Gasteiger partial charge is 0.0811 e. The maximum atomic E-state index is 10.2. The average Bonchev–Trinajstić information content (AvgIpc) is 3.49. The van der Waals surface area contributed by atoms with Crippen LogP contribution >= 0.6 is 0 Å². The van der Waals surface area contributed by atoms with Gasteiger partial charge in [-0.1, -0.05) is 50.3 Å². The maximum Gasteiger partial charge on any atom is 0.0811 e. The van der Waals surface area contributed by atoms with E-state index in [0.29, 0.717) is 41.9 Å². The highest BCUT2D eigenvalue weighted by molar-refractivity contribution is 5.38. The first-order valence-electron chi connectivity index (χ1n) is 12.1. The van der Waals surface area contributed by atoms with Gasteiger partial charge in [0.05, 0.1) is 18.3 Å². The molecule has 4 aliphatic carbocycles. The van der Waals surface area contributed by atoms with Gasteiger partial charge >= 0.3 is 0 Å². The topological polar surface area (TPSA) is 60.7 Å². The van der Waals surface area contributed by atoms with E-state index in [9.17, 15) is 15.3 Å². The number of allylic oxidation sites excluding steroid dienone is 4. The highest BCUT2D eigenvalue weighted by Gasteiger charge is 2.50. The highest BCUT2D eigenvalue weighted by Crippen LogP contribution is 2.59. The molecule has 3 N–H and O–H groups in total. The van der Waals surface area contributed by atoms with Gasteiger partial charge in [0, 0.05) is 6.42 Å². The summed E-state index contributed by atoms with van der Waals surface area (Å²) in [5, 5.41) is 30.4. The molecule has 166 valence electrons. The van der Waals surface area contributed by atoms with Crippen LogP contribution in [0.1, 0.15) is 71.6 Å². The van der Waals surface area contributed by atoms with Crippen molar-refractivity contribution in [3.05, 3.63) is 47.6 Å². The molecule has 0 aromatic carbocycles. The Balaban J connectivity index is 1.48. The summed E-state index contributed by atoms with van der Waals surface area (Å²) in [5.41, 5.74) is 3.63. The van der Waals surface area contributed by atoms with Gasteiger partial charge < -0.3 is 15.3 Å². The Bertz CT molecular complexity index is 743. The van der Waals surface area contributed by atoms with Crippen molar-refractivity contribution >= 4 is 0 Å². The lowest BCUT2D eigenvalue weighted by atomic mass is 9.61. The maximum absolute atomic E-state index is 10.2. The van der Waals surface area contributed by atoms with E-state index in [2.05, 4.69) is 44.7 Å². The molecule has 0 aromatic rings. The van der Waals surface area contributed by atoms with Gasteiger partial charge in [-0.3, -0.25) is 0 Å². The first kappa shape index (κ1) is 22.0. The van der Waals surface area contributed by atoms with E-state index in [4.69, 9.17) is 0 Å². The van der Waals surface area contributed by atoms with E-state index in [1.807, 2.05) is 0 Å². The second kappa shape index (κ2) is 8.76. The van der Waals surface area contributed by atoms with E-state index >= 15 is 0 Å². The Morgan fingerprint density at radius 3 is 2.60 bits per heavy atom. The number of rotatable bonds is 5. The van der Waals surface area contributed by atoms with Crippen LogP contribution in [0.4, 0.5) is 0 Å². The first-order chi connectivity index (χ1) is 14.3. The molecule has 4 aliphatic rings. The van der Waals surface area contributed by atoms with Crippen molar-refractivity contribution in [2.75, 3.05) is 0 Å². The normalized spacial score (nSPS) is 42.1. The number of fused-ring (bicyclic) bond motifs is 1. The molecule has 0 aromatic heterocycles. The Labute approximate surface area is 182 Å². The van der Waals surface area contributed by atoms with E-state index in [0.717, 1.165) is 17.6 Å². The summed E-state index contributed by atoms with van der Waals surface area (Å²) in [6.45, 7) is 8.88. The molecule has 4 saturated carbocycles. The third-order valence-electron chi connectivity index (χ3n) is 8.65. The minimum Gasteiger partial charge on any atom is -0.393 e. The number of aliphatic hydroxyl groups excluding tert-OH is 3. The van der Waals surface area contributed by atoms with Crippen LogP contribution in [0.15, 0.2) is 47.6 Å². The van der Waals surface area contributed by atoms with E-state index < -0.39 is 12.2 Å². The minimum atomic E-state index is -0.621. The summed E-state index contributed by atoms with van der Waals surface area (Å²) in [6, 6.07) is 0. The van der Waals surface area contributed by atoms with Crippen LogP contribution in [-0.4, -0.2) is 33.6 Å². The van der Waals surface area contributed by atoms with Crippen molar-refractivity contribution in [3.8, 4) is 0 Å². The summed E-state index contributed by atoms with van der Waals surface area (Å²) < 4.78 is 0. The predicted octanol–water partition coefficient (Wildman–Crippen LogP) is 5.09. The van der Waals surface area contributed by atoms with Gasteiger partial charge in [-0.05, 0) is 91.6 Å². The second-order valence-corrected chi connectivity index (χ2v) is 10.7. The zero-order chi connectivity index (χ0) is 21.5. The van der Waals surface area contributed by atoms with Gasteiger partial charge in [0.1, 0.15) is 0 Å². The molecule has 0 unspecified atom stereocenters. The molecule has 3 nitrogen and oxygen atoms in total. The van der Waals surface area contributed by atoms with Crippen molar-refractivity contribution in [1.29, 1.82) is 0 Å². The molecule has 4 fully saturated rings. The molecule has 0 heterocycles. The molecule has 0 saturated heterocycles. The molecule has 30 heavy (non-hydrogen) atoms. The van der Waals surface area contributed by atoms with Crippen molar-refractivity contribution in [3.63, 3.8) is 0 Å². The van der Waals surface area contributed by atoms with E-state index in [-0.39, 0.29) is 6.10 Å². The second-order valence-electron chi connectivity index (χ2n) is 10.7. The summed E-state index contributed by atoms with van der Waals surface area (Å²) in [7, 11) is 0. The van der Waals surface area contributed by atoms with Crippen molar-refractivity contribution in [1.82, 2.24) is 0 Å². The highest BCUT2D eigenvalue weighted by atomic mass is 16.3. The van der Waals surface area contributed by atoms with Gasteiger partial charge in [-0.15, -0.1) is 0 Å². The van der Waals surface area contributed by atoms with Crippen LogP contribution < -0.4 is 0 Å². The lowest BCUT2D eigenvalue weighted by molar-refractivity contribution is 0.0862. The summed E-state index contributed by atoms with van der Waals surface area (Å²) in [5.74, 6) is 2.28. The molecule has 4 rings (SSSR count). The SMILES string of the molecule is C=C1/C(=C/C=C2\CCC[C@]3(C)[C@@H]([C@H](C)/C=C/[C@@H](O)C4CC4)CC[C@@H]23)C[C@@H](O)C[C@@H]1O. The van der Waals surface area contributed by atoms with Gasteiger partial charge in [-0.25, -0.2) is 0 Å². The van der Waals surface area contributed by atoms with E-state index in [1.165, 1.54) is 44.1 Å². The number of hydrogen-bond acceptors (Lipinski definition) is 3. The first-order valence-corrected chi connectivity index (χ1v) is 12.1. The van der Waals surface area contributed by atoms with Crippen molar-refractivity contribution in [2.45, 2.75) is 89.9 Å². The molecule has 0 spiro atoms. The predicted molar refractivity (Wildman–Crippen MR) is 122 cm³/mol. The molecule has 0 radical (unpaired) electrons. The Hall–Kier alpha value is -1.16. The standard InChI is InChI=1S/C27H40O3/c1-17(6-13-25(29)20-8-9-20)23-11-12-24-19(5-4-14-27(23,24)3)7-10-21-15-22(28)16-26(30)18(21)2/h6-7,10,13,17,20,22-26,28-30H,2,4-5,8-9,11-12,14-16H2,1,3H3/b13-6+,19-7+,21-10+/t17-,22-,23-,24+,25-,26+,27-/m1/s1. The fourth-order valence-electron chi connectivity index (χ4n) is 6.63. The molecule has 0 aliphatic heterocycles. The van der Waals surface area contributed by atoms with Gasteiger partial charge in [0.15, 0.2) is 0 Å². The zero-order valence-corrected chi connectivity index (χ0v) is 18.8. The van der Waals surface area contributed by atoms with Gasteiger partial charge in [0.25, 0.3) is 0 Å². The largest absolute Gasteiger partial charge is 0.393 e. The van der Waals surface area contributed by atoms with Gasteiger partial charge in [-0.2, -0.15) is 0 Å². The fraction of sp³-hybridized carbons (Fsp3) is 0.704. The Morgan fingerprint density at radius 1 is 1.10 bits per heavy atom. The number of hydrogen-bond donors (Lipinski definition) is 3. The molecule has 3 heteroatoms. The van der Waals surface area contributed by atoms with Crippen LogP contribution in [0.5, 0.6) is 0 Å². The van der Waals surface area contributed by atoms with Crippen molar-refractivity contribution < 1.29 is 15.3 Å². The van der Waals surface area contributed by atoms with Gasteiger partial charge in [0.2, 0.25) is 0 Å². The molecular weight excluding hydrogens is 372 g/mol. The molecule has 7 atom stereocenters. The van der Waals surface area contributed by atoms with Crippen LogP contribution in [-0.2, 0) is 0 Å². The lowest BCUT2D eigenvalue weighted by Crippen LogP contribution is -2.35. The Morgan fingerprint density at radius 2 is 1.87 bits per heavy atom. The monoisotopic (exact) mass is 412 g/mol. The van der Waals surface area contributed by atoms with E-state index in [1.54, 1.807) is 0 Å². The third-order valence-corrected chi connectivity index (χ3v) is 8.65. The molecule has 0 bridgehead atoms. The van der Waals surface area contributed by atoms with Crippen LogP contribution in [0, 0.1) is 29.1 Å².